The molecule has 0 saturated carbocycles. The molecule has 0 radical (unpaired) electrons. The maximum Gasteiger partial charge on any atom is 0.262 e. The molecule has 17 heavy (non-hydrogen) atoms. The number of aromatic amines is 1. The van der Waals surface area contributed by atoms with Crippen LogP contribution in [-0.4, -0.2) is 29.2 Å². The Labute approximate surface area is 98.4 Å². The predicted molar refractivity (Wildman–Crippen MR) is 66.3 cm³/mol. The molecular formula is C12H13N3O2. The summed E-state index contributed by atoms with van der Waals surface area (Å²) in [6.07, 6.45) is 1.18. The molecule has 5 nitrogen and oxygen atoms in total. The van der Waals surface area contributed by atoms with E-state index in [1.165, 1.54) is 6.33 Å². The lowest BCUT2D eigenvalue weighted by molar-refractivity contribution is 0.453. The first kappa shape index (κ1) is 11.2. The molecule has 2 N–H and O–H groups in total. The van der Waals surface area contributed by atoms with E-state index in [0.717, 1.165) is 5.69 Å². The number of H-pyrrole nitrogens is 1. The molecule has 5 heteroatoms. The van der Waals surface area contributed by atoms with Gasteiger partial charge in [-0.15, -0.1) is 0 Å². The summed E-state index contributed by atoms with van der Waals surface area (Å²) in [6.45, 7) is 0. The number of hydrogen-bond donors (Lipinski definition) is 2. The van der Waals surface area contributed by atoms with Crippen LogP contribution in [0.2, 0.25) is 0 Å². The van der Waals surface area contributed by atoms with Gasteiger partial charge in [0.2, 0.25) is 5.88 Å². The SMILES string of the molecule is CN(C)c1ccc(-c2c(O)nc[nH]c2=O)cc1. The monoisotopic (exact) mass is 231 g/mol. The van der Waals surface area contributed by atoms with Gasteiger partial charge in [-0.1, -0.05) is 12.1 Å². The number of hydrogen-bond acceptors (Lipinski definition) is 4. The molecule has 0 aliphatic rings. The fourth-order valence-electron chi connectivity index (χ4n) is 1.58. The summed E-state index contributed by atoms with van der Waals surface area (Å²) < 4.78 is 0. The van der Waals surface area contributed by atoms with E-state index >= 15 is 0 Å². The Morgan fingerprint density at radius 1 is 1.24 bits per heavy atom. The third kappa shape index (κ3) is 2.13. The molecule has 1 heterocycles. The van der Waals surface area contributed by atoms with Gasteiger partial charge in [0, 0.05) is 19.8 Å². The van der Waals surface area contributed by atoms with Crippen molar-refractivity contribution in [3.63, 3.8) is 0 Å². The number of rotatable bonds is 2. The molecule has 2 rings (SSSR count). The van der Waals surface area contributed by atoms with E-state index < -0.39 is 0 Å². The van der Waals surface area contributed by atoms with Crippen molar-refractivity contribution in [1.29, 1.82) is 0 Å². The number of nitrogens with zero attached hydrogens (tertiary/aromatic N) is 2. The first-order valence-electron chi connectivity index (χ1n) is 5.14. The zero-order valence-electron chi connectivity index (χ0n) is 9.64. The van der Waals surface area contributed by atoms with Crippen LogP contribution in [0.3, 0.4) is 0 Å². The van der Waals surface area contributed by atoms with E-state index in [2.05, 4.69) is 9.97 Å². The summed E-state index contributed by atoms with van der Waals surface area (Å²) in [5, 5.41) is 9.58. The maximum atomic E-state index is 11.6. The van der Waals surface area contributed by atoms with Crippen LogP contribution in [0.5, 0.6) is 5.88 Å². The molecular weight excluding hydrogens is 218 g/mol. The number of benzene rings is 1. The first-order chi connectivity index (χ1) is 8.09. The van der Waals surface area contributed by atoms with E-state index in [9.17, 15) is 9.90 Å². The fourth-order valence-corrected chi connectivity index (χ4v) is 1.58. The smallest absolute Gasteiger partial charge is 0.262 e. The van der Waals surface area contributed by atoms with Crippen molar-refractivity contribution in [3.05, 3.63) is 40.9 Å². The third-order valence-electron chi connectivity index (χ3n) is 2.51. The Morgan fingerprint density at radius 3 is 2.41 bits per heavy atom. The average molecular weight is 231 g/mol. The van der Waals surface area contributed by atoms with E-state index in [-0.39, 0.29) is 17.0 Å². The molecule has 0 atom stereocenters. The summed E-state index contributed by atoms with van der Waals surface area (Å²) in [7, 11) is 3.87. The molecule has 1 aromatic carbocycles. The van der Waals surface area contributed by atoms with Crippen LogP contribution in [0, 0.1) is 0 Å². The first-order valence-corrected chi connectivity index (χ1v) is 5.14. The number of aromatic nitrogens is 2. The summed E-state index contributed by atoms with van der Waals surface area (Å²) in [5.41, 5.74) is 1.50. The van der Waals surface area contributed by atoms with Crippen molar-refractivity contribution in [3.8, 4) is 17.0 Å². The van der Waals surface area contributed by atoms with Gasteiger partial charge >= 0.3 is 0 Å². The summed E-state index contributed by atoms with van der Waals surface area (Å²) in [5.74, 6) is -0.258. The Morgan fingerprint density at radius 2 is 1.88 bits per heavy atom. The molecule has 0 amide bonds. The van der Waals surface area contributed by atoms with E-state index in [1.54, 1.807) is 12.1 Å². The van der Waals surface area contributed by atoms with Crippen molar-refractivity contribution in [2.24, 2.45) is 0 Å². The quantitative estimate of drug-likeness (QED) is 0.815. The lowest BCUT2D eigenvalue weighted by Gasteiger charge is -2.12. The van der Waals surface area contributed by atoms with Crippen LogP contribution >= 0.6 is 0 Å². The van der Waals surface area contributed by atoms with Gasteiger partial charge in [0.25, 0.3) is 5.56 Å². The van der Waals surface area contributed by atoms with Gasteiger partial charge < -0.3 is 15.0 Å². The normalized spacial score (nSPS) is 10.2. The fraction of sp³-hybridized carbons (Fsp3) is 0.167. The second kappa shape index (κ2) is 4.29. The van der Waals surface area contributed by atoms with Gasteiger partial charge in [-0.3, -0.25) is 4.79 Å². The molecule has 88 valence electrons. The highest BCUT2D eigenvalue weighted by molar-refractivity contribution is 5.69. The highest BCUT2D eigenvalue weighted by atomic mass is 16.3. The van der Waals surface area contributed by atoms with Crippen molar-refractivity contribution in [1.82, 2.24) is 9.97 Å². The van der Waals surface area contributed by atoms with Gasteiger partial charge in [0.1, 0.15) is 5.56 Å². The number of anilines is 1. The second-order valence-electron chi connectivity index (χ2n) is 3.87. The molecule has 1 aromatic heterocycles. The highest BCUT2D eigenvalue weighted by Crippen LogP contribution is 2.24. The number of aromatic hydroxyl groups is 1. The van der Waals surface area contributed by atoms with Crippen molar-refractivity contribution >= 4 is 5.69 Å². The molecule has 0 unspecified atom stereocenters. The van der Waals surface area contributed by atoms with E-state index in [1.807, 2.05) is 31.1 Å². The highest BCUT2D eigenvalue weighted by Gasteiger charge is 2.10. The Bertz CT molecular complexity index is 573. The van der Waals surface area contributed by atoms with Crippen LogP contribution in [0.25, 0.3) is 11.1 Å². The van der Waals surface area contributed by atoms with Crippen molar-refractivity contribution < 1.29 is 5.11 Å². The van der Waals surface area contributed by atoms with E-state index in [4.69, 9.17) is 0 Å². The summed E-state index contributed by atoms with van der Waals surface area (Å²) >= 11 is 0. The maximum absolute atomic E-state index is 11.6. The number of nitrogens with one attached hydrogen (secondary N) is 1. The molecule has 0 aliphatic heterocycles. The molecule has 0 saturated heterocycles. The molecule has 0 fully saturated rings. The largest absolute Gasteiger partial charge is 0.493 e. The van der Waals surface area contributed by atoms with Gasteiger partial charge in [0.15, 0.2) is 0 Å². The van der Waals surface area contributed by atoms with Crippen LogP contribution < -0.4 is 10.5 Å². The third-order valence-corrected chi connectivity index (χ3v) is 2.51. The lowest BCUT2D eigenvalue weighted by Crippen LogP contribution is -2.10. The van der Waals surface area contributed by atoms with Gasteiger partial charge in [0.05, 0.1) is 6.33 Å². The second-order valence-corrected chi connectivity index (χ2v) is 3.87. The topological polar surface area (TPSA) is 69.2 Å². The van der Waals surface area contributed by atoms with Crippen LogP contribution in [0.4, 0.5) is 5.69 Å². The summed E-state index contributed by atoms with van der Waals surface area (Å²) in [4.78, 5) is 19.7. The molecule has 0 bridgehead atoms. The van der Waals surface area contributed by atoms with Crippen LogP contribution in [-0.2, 0) is 0 Å². The average Bonchev–Trinajstić information content (AvgIpc) is 2.29. The molecule has 0 spiro atoms. The Balaban J connectivity index is 2.51. The lowest BCUT2D eigenvalue weighted by atomic mass is 10.1. The minimum atomic E-state index is -0.352. The van der Waals surface area contributed by atoms with Crippen LogP contribution in [0.1, 0.15) is 0 Å². The van der Waals surface area contributed by atoms with Gasteiger partial charge in [-0.05, 0) is 17.7 Å². The van der Waals surface area contributed by atoms with Gasteiger partial charge in [-0.25, -0.2) is 4.98 Å². The minimum Gasteiger partial charge on any atom is -0.493 e. The minimum absolute atomic E-state index is 0.192. The van der Waals surface area contributed by atoms with Crippen LogP contribution in [0.15, 0.2) is 35.4 Å². The van der Waals surface area contributed by atoms with Crippen molar-refractivity contribution in [2.45, 2.75) is 0 Å². The molecule has 2 aromatic rings. The predicted octanol–water partition coefficient (Wildman–Crippen LogP) is 1.21. The standard InChI is InChI=1S/C12H13N3O2/c1-15(2)9-5-3-8(4-6-9)10-11(16)13-7-14-12(10)17/h3-7H,1-2H3,(H2,13,14,16,17). The zero-order valence-corrected chi connectivity index (χ0v) is 9.64. The Kier molecular flexibility index (Phi) is 2.82. The molecule has 0 aliphatic carbocycles. The summed E-state index contributed by atoms with van der Waals surface area (Å²) in [6, 6.07) is 7.31. The van der Waals surface area contributed by atoms with E-state index in [0.29, 0.717) is 5.56 Å². The van der Waals surface area contributed by atoms with Gasteiger partial charge in [-0.2, -0.15) is 0 Å². The Hall–Kier alpha value is -2.30. The zero-order chi connectivity index (χ0) is 12.4. The van der Waals surface area contributed by atoms with Crippen molar-refractivity contribution in [2.75, 3.05) is 19.0 Å².